The third kappa shape index (κ3) is 9.51. The second-order valence-electron chi connectivity index (χ2n) is 12.5. The topological polar surface area (TPSA) is 108 Å². The highest BCUT2D eigenvalue weighted by Crippen LogP contribution is 2.44. The minimum Gasteiger partial charge on any atom is -0.459 e. The Labute approximate surface area is 314 Å². The first-order valence-corrected chi connectivity index (χ1v) is 17.7. The molecular weight excluding hydrogens is 754 g/mol. The Kier molecular flexibility index (Phi) is 11.6. The van der Waals surface area contributed by atoms with Crippen LogP contribution in [0.3, 0.4) is 0 Å². The van der Waals surface area contributed by atoms with Crippen molar-refractivity contribution in [1.29, 1.82) is 0 Å². The molecule has 0 N–H and O–H groups in total. The third-order valence-electron chi connectivity index (χ3n) is 8.90. The average molecular weight is 787 g/mol. The molecular formula is C38H32F6N4O6S. The van der Waals surface area contributed by atoms with Crippen molar-refractivity contribution in [1.82, 2.24) is 19.6 Å². The van der Waals surface area contributed by atoms with E-state index in [2.05, 4.69) is 0 Å². The molecule has 0 saturated carbocycles. The van der Waals surface area contributed by atoms with Crippen molar-refractivity contribution < 1.29 is 54.4 Å². The first kappa shape index (κ1) is 39.0. The fourth-order valence-corrected chi connectivity index (χ4v) is 7.04. The Morgan fingerprint density at radius 1 is 0.545 bits per heavy atom. The molecule has 0 radical (unpaired) electrons. The Balaban J connectivity index is 1.10. The Morgan fingerprint density at radius 3 is 1.24 bits per heavy atom. The van der Waals surface area contributed by atoms with Crippen molar-refractivity contribution in [3.05, 3.63) is 119 Å². The molecule has 4 amide bonds. The van der Waals surface area contributed by atoms with E-state index in [0.29, 0.717) is 11.8 Å². The molecule has 0 atom stereocenters. The molecule has 2 saturated heterocycles. The summed E-state index contributed by atoms with van der Waals surface area (Å²) in [5.41, 5.74) is -2.37. The summed E-state index contributed by atoms with van der Waals surface area (Å²) in [5, 5.41) is 0. The molecule has 2 aromatic carbocycles. The van der Waals surface area contributed by atoms with Crippen molar-refractivity contribution in [2.24, 2.45) is 0 Å². The number of rotatable bonds is 8. The van der Waals surface area contributed by atoms with Gasteiger partial charge in [0.2, 0.25) is 11.8 Å². The van der Waals surface area contributed by atoms with Crippen LogP contribution >= 0.6 is 11.8 Å². The van der Waals surface area contributed by atoms with E-state index in [4.69, 9.17) is 8.83 Å². The normalized spacial score (nSPS) is 15.7. The number of piperazine rings is 2. The van der Waals surface area contributed by atoms with Crippen molar-refractivity contribution >= 4 is 47.5 Å². The summed E-state index contributed by atoms with van der Waals surface area (Å²) in [5.74, 6) is -1.28. The second-order valence-corrected chi connectivity index (χ2v) is 13.5. The number of alkyl halides is 6. The predicted molar refractivity (Wildman–Crippen MR) is 187 cm³/mol. The molecule has 4 heterocycles. The zero-order chi connectivity index (χ0) is 39.3. The molecule has 288 valence electrons. The molecule has 0 unspecified atom stereocenters. The van der Waals surface area contributed by atoms with Crippen LogP contribution in [-0.4, -0.2) is 95.6 Å². The molecule has 0 bridgehead atoms. The van der Waals surface area contributed by atoms with Gasteiger partial charge in [-0.1, -0.05) is 23.9 Å². The van der Waals surface area contributed by atoms with Crippen LogP contribution in [0, 0.1) is 0 Å². The summed E-state index contributed by atoms with van der Waals surface area (Å²) in [7, 11) is 0. The summed E-state index contributed by atoms with van der Waals surface area (Å²) >= 11 is 0.293. The Morgan fingerprint density at radius 2 is 0.909 bits per heavy atom. The van der Waals surface area contributed by atoms with Crippen molar-refractivity contribution in [2.45, 2.75) is 22.1 Å². The van der Waals surface area contributed by atoms with Crippen LogP contribution in [0.1, 0.15) is 43.4 Å². The minimum absolute atomic E-state index is 0.00314. The van der Waals surface area contributed by atoms with E-state index in [-0.39, 0.29) is 86.8 Å². The molecule has 0 spiro atoms. The Hall–Kier alpha value is -5.71. The van der Waals surface area contributed by atoms with Crippen LogP contribution in [0.25, 0.3) is 12.2 Å². The number of hydrogen-bond donors (Lipinski definition) is 0. The lowest BCUT2D eigenvalue weighted by Crippen LogP contribution is -2.50. The number of furan rings is 2. The highest BCUT2D eigenvalue weighted by Gasteiger charge is 2.37. The highest BCUT2D eigenvalue weighted by atomic mass is 32.2. The van der Waals surface area contributed by atoms with Gasteiger partial charge in [0.05, 0.1) is 23.7 Å². The van der Waals surface area contributed by atoms with E-state index in [1.165, 1.54) is 68.5 Å². The summed E-state index contributed by atoms with van der Waals surface area (Å²) in [6.45, 7) is 1.70. The number of benzene rings is 2. The number of hydrogen-bond acceptors (Lipinski definition) is 7. The first-order chi connectivity index (χ1) is 26.2. The highest BCUT2D eigenvalue weighted by molar-refractivity contribution is 7.99. The fourth-order valence-electron chi connectivity index (χ4n) is 5.96. The van der Waals surface area contributed by atoms with Crippen LogP contribution in [-0.2, 0) is 21.9 Å². The molecule has 2 aliphatic heterocycles. The number of amides is 4. The number of nitrogens with zero attached hydrogens (tertiary/aromatic N) is 4. The fraction of sp³-hybridized carbons (Fsp3) is 0.263. The van der Waals surface area contributed by atoms with E-state index in [0.717, 1.165) is 36.4 Å². The zero-order valence-electron chi connectivity index (χ0n) is 28.8. The van der Waals surface area contributed by atoms with E-state index in [9.17, 15) is 45.5 Å². The molecule has 10 nitrogen and oxygen atoms in total. The first-order valence-electron chi connectivity index (χ1n) is 16.9. The molecule has 17 heteroatoms. The van der Waals surface area contributed by atoms with Crippen LogP contribution in [0.15, 0.2) is 104 Å². The van der Waals surface area contributed by atoms with Crippen LogP contribution in [0.5, 0.6) is 0 Å². The van der Waals surface area contributed by atoms with Gasteiger partial charge in [-0.3, -0.25) is 19.2 Å². The third-order valence-corrected chi connectivity index (χ3v) is 10.0. The van der Waals surface area contributed by atoms with Gasteiger partial charge in [-0.15, -0.1) is 0 Å². The van der Waals surface area contributed by atoms with Gasteiger partial charge in [0.15, 0.2) is 11.5 Å². The molecule has 2 aromatic heterocycles. The maximum atomic E-state index is 14.2. The summed E-state index contributed by atoms with van der Waals surface area (Å²) in [6, 6.07) is 12.4. The Bertz CT molecular complexity index is 1930. The van der Waals surface area contributed by atoms with Crippen LogP contribution < -0.4 is 0 Å². The van der Waals surface area contributed by atoms with E-state index in [1.54, 1.807) is 12.1 Å². The van der Waals surface area contributed by atoms with Crippen LogP contribution in [0.2, 0.25) is 0 Å². The van der Waals surface area contributed by atoms with Gasteiger partial charge in [-0.05, 0) is 71.8 Å². The molecule has 2 aliphatic rings. The maximum Gasteiger partial charge on any atom is 0.417 e. The molecule has 55 heavy (non-hydrogen) atoms. The largest absolute Gasteiger partial charge is 0.459 e. The molecule has 4 aromatic rings. The smallest absolute Gasteiger partial charge is 0.417 e. The van der Waals surface area contributed by atoms with E-state index >= 15 is 0 Å². The van der Waals surface area contributed by atoms with E-state index < -0.39 is 45.1 Å². The average Bonchev–Trinajstić information content (AvgIpc) is 3.92. The van der Waals surface area contributed by atoms with Crippen molar-refractivity contribution in [2.75, 3.05) is 52.4 Å². The second kappa shape index (κ2) is 16.3. The minimum atomic E-state index is -4.94. The van der Waals surface area contributed by atoms with Crippen molar-refractivity contribution in [3.8, 4) is 0 Å². The van der Waals surface area contributed by atoms with Crippen LogP contribution in [0.4, 0.5) is 26.3 Å². The standard InChI is InChI=1S/C38H32F6N4O6S/c39-37(40,41)27-23-25(7-11-33(49)45-13-17-47(18-14-45)35(51)29-3-1-21-53-29)5-9-31(27)55-32-10-6-26(24-28(32)38(42,43)44)8-12-34(50)46-15-19-48(20-16-46)36(52)30-4-2-22-54-30/h1-12,21-24H,13-20H2/b11-7+,12-8+. The molecule has 2 fully saturated rings. The number of carbonyl (C=O) groups is 4. The lowest BCUT2D eigenvalue weighted by molar-refractivity contribution is -0.140. The van der Waals surface area contributed by atoms with Gasteiger partial charge < -0.3 is 28.4 Å². The lowest BCUT2D eigenvalue weighted by atomic mass is 10.1. The molecule has 6 rings (SSSR count). The monoisotopic (exact) mass is 786 g/mol. The number of carbonyl (C=O) groups excluding carboxylic acids is 4. The van der Waals surface area contributed by atoms with Gasteiger partial charge in [-0.2, -0.15) is 26.3 Å². The van der Waals surface area contributed by atoms with Gasteiger partial charge in [0.1, 0.15) is 0 Å². The van der Waals surface area contributed by atoms with E-state index in [1.807, 2.05) is 0 Å². The van der Waals surface area contributed by atoms with Gasteiger partial charge in [0.25, 0.3) is 11.8 Å². The SMILES string of the molecule is O=C(/C=C/c1ccc(Sc2ccc(/C=C/C(=O)N3CCN(C(=O)c4ccco4)CC3)cc2C(F)(F)F)c(C(F)(F)F)c1)N1CCN(C(=O)c2ccco2)CC1. The summed E-state index contributed by atoms with van der Waals surface area (Å²) in [4.78, 5) is 55.5. The lowest BCUT2D eigenvalue weighted by Gasteiger charge is -2.33. The summed E-state index contributed by atoms with van der Waals surface area (Å²) < 4.78 is 95.7. The summed E-state index contributed by atoms with van der Waals surface area (Å²) in [6.07, 6.45) is -2.54. The maximum absolute atomic E-state index is 14.2. The van der Waals surface area contributed by atoms with Gasteiger partial charge in [0, 0.05) is 74.3 Å². The zero-order valence-corrected chi connectivity index (χ0v) is 29.6. The van der Waals surface area contributed by atoms with Crippen molar-refractivity contribution in [3.63, 3.8) is 0 Å². The molecule has 0 aliphatic carbocycles. The quantitative estimate of drug-likeness (QED) is 0.139. The van der Waals surface area contributed by atoms with Gasteiger partial charge in [-0.25, -0.2) is 0 Å². The van der Waals surface area contributed by atoms with Gasteiger partial charge >= 0.3 is 12.4 Å². The predicted octanol–water partition coefficient (Wildman–Crippen LogP) is 7.06. The number of halogens is 6.